The van der Waals surface area contributed by atoms with Crippen LogP contribution < -0.4 is 5.73 Å². The summed E-state index contributed by atoms with van der Waals surface area (Å²) in [6, 6.07) is 9.93. The van der Waals surface area contributed by atoms with Gasteiger partial charge in [-0.15, -0.1) is 11.8 Å². The molecule has 16 heavy (non-hydrogen) atoms. The Morgan fingerprint density at radius 2 is 1.94 bits per heavy atom. The van der Waals surface area contributed by atoms with E-state index in [0.29, 0.717) is 0 Å². The summed E-state index contributed by atoms with van der Waals surface area (Å²) >= 11 is 5.30. The molecule has 0 amide bonds. The van der Waals surface area contributed by atoms with Gasteiger partial charge in [0, 0.05) is 33.2 Å². The molecule has 0 aliphatic heterocycles. The summed E-state index contributed by atoms with van der Waals surface area (Å²) < 4.78 is 1.06. The molecule has 0 spiro atoms. The Labute approximate surface area is 107 Å². The zero-order chi connectivity index (χ0) is 11.4. The van der Waals surface area contributed by atoms with Crippen molar-refractivity contribution in [3.05, 3.63) is 52.8 Å². The van der Waals surface area contributed by atoms with Crippen molar-refractivity contribution in [3.8, 4) is 0 Å². The first-order valence-corrected chi connectivity index (χ1v) is 6.60. The Balaban J connectivity index is 2.05. The monoisotopic (exact) mass is 294 g/mol. The molecule has 82 valence electrons. The minimum absolute atomic E-state index is 0.782. The van der Waals surface area contributed by atoms with Gasteiger partial charge >= 0.3 is 0 Å². The second-order valence-corrected chi connectivity index (χ2v) is 5.23. The minimum Gasteiger partial charge on any atom is -0.399 e. The second kappa shape index (κ2) is 5.37. The highest BCUT2D eigenvalue weighted by atomic mass is 79.9. The van der Waals surface area contributed by atoms with E-state index in [4.69, 9.17) is 5.73 Å². The van der Waals surface area contributed by atoms with Crippen molar-refractivity contribution < 1.29 is 0 Å². The van der Waals surface area contributed by atoms with Crippen LogP contribution in [0.2, 0.25) is 0 Å². The van der Waals surface area contributed by atoms with Crippen LogP contribution in [0.4, 0.5) is 5.69 Å². The lowest BCUT2D eigenvalue weighted by Gasteiger charge is -2.05. The van der Waals surface area contributed by atoms with Crippen LogP contribution in [0.3, 0.4) is 0 Å². The normalized spacial score (nSPS) is 10.3. The summed E-state index contributed by atoms with van der Waals surface area (Å²) in [5, 5.41) is 0. The van der Waals surface area contributed by atoms with Gasteiger partial charge in [-0.3, -0.25) is 4.98 Å². The van der Waals surface area contributed by atoms with Crippen molar-refractivity contribution in [1.82, 2.24) is 4.98 Å². The van der Waals surface area contributed by atoms with Crippen LogP contribution in [-0.4, -0.2) is 4.98 Å². The van der Waals surface area contributed by atoms with Gasteiger partial charge < -0.3 is 5.73 Å². The topological polar surface area (TPSA) is 38.9 Å². The predicted molar refractivity (Wildman–Crippen MR) is 72.4 cm³/mol. The largest absolute Gasteiger partial charge is 0.399 e. The van der Waals surface area contributed by atoms with Crippen LogP contribution in [0.15, 0.2) is 52.1 Å². The van der Waals surface area contributed by atoms with Crippen molar-refractivity contribution in [2.24, 2.45) is 0 Å². The lowest BCUT2D eigenvalue weighted by atomic mass is 10.2. The first-order chi connectivity index (χ1) is 7.75. The molecule has 0 fully saturated rings. The molecule has 4 heteroatoms. The molecule has 0 aliphatic carbocycles. The molecule has 0 radical (unpaired) electrons. The standard InChI is InChI=1S/C12H11BrN2S/c13-12-7-10(14)2-1-9(12)8-16-11-3-5-15-6-4-11/h1-7H,8,14H2. The van der Waals surface area contributed by atoms with E-state index in [0.717, 1.165) is 15.9 Å². The molecular weight excluding hydrogens is 284 g/mol. The molecule has 0 bridgehead atoms. The minimum atomic E-state index is 0.782. The number of hydrogen-bond donors (Lipinski definition) is 1. The number of rotatable bonds is 3. The number of pyridine rings is 1. The molecule has 1 heterocycles. The third-order valence-corrected chi connectivity index (χ3v) is 3.92. The van der Waals surface area contributed by atoms with E-state index < -0.39 is 0 Å². The fourth-order valence-corrected chi connectivity index (χ4v) is 2.89. The first kappa shape index (κ1) is 11.5. The van der Waals surface area contributed by atoms with E-state index in [-0.39, 0.29) is 0 Å². The maximum atomic E-state index is 5.69. The second-order valence-electron chi connectivity index (χ2n) is 3.32. The number of nitrogens with zero attached hydrogens (tertiary/aromatic N) is 1. The summed E-state index contributed by atoms with van der Waals surface area (Å²) in [5.41, 5.74) is 7.72. The molecule has 2 N–H and O–H groups in total. The van der Waals surface area contributed by atoms with E-state index in [1.807, 2.05) is 30.3 Å². The number of nitrogens with two attached hydrogens (primary N) is 1. The summed E-state index contributed by atoms with van der Waals surface area (Å²) in [6.07, 6.45) is 3.61. The number of halogens is 1. The maximum Gasteiger partial charge on any atom is 0.0325 e. The molecule has 0 saturated heterocycles. The molecule has 2 aromatic rings. The van der Waals surface area contributed by atoms with E-state index >= 15 is 0 Å². The van der Waals surface area contributed by atoms with Gasteiger partial charge in [-0.1, -0.05) is 22.0 Å². The lowest BCUT2D eigenvalue weighted by Crippen LogP contribution is -1.88. The van der Waals surface area contributed by atoms with Gasteiger partial charge in [0.05, 0.1) is 0 Å². The molecular formula is C12H11BrN2S. The number of benzene rings is 1. The van der Waals surface area contributed by atoms with E-state index in [1.165, 1.54) is 10.5 Å². The van der Waals surface area contributed by atoms with E-state index in [9.17, 15) is 0 Å². The fourth-order valence-electron chi connectivity index (χ4n) is 1.28. The third-order valence-electron chi connectivity index (χ3n) is 2.12. The number of thioether (sulfide) groups is 1. The van der Waals surface area contributed by atoms with Gasteiger partial charge in [0.2, 0.25) is 0 Å². The molecule has 0 atom stereocenters. The van der Waals surface area contributed by atoms with Crippen LogP contribution in [0.1, 0.15) is 5.56 Å². The smallest absolute Gasteiger partial charge is 0.0325 e. The van der Waals surface area contributed by atoms with Gasteiger partial charge in [0.15, 0.2) is 0 Å². The van der Waals surface area contributed by atoms with Crippen LogP contribution in [0.5, 0.6) is 0 Å². The number of nitrogen functional groups attached to an aromatic ring is 1. The molecule has 0 unspecified atom stereocenters. The number of anilines is 1. The molecule has 1 aromatic carbocycles. The first-order valence-electron chi connectivity index (χ1n) is 4.82. The molecule has 0 aliphatic rings. The van der Waals surface area contributed by atoms with Crippen molar-refractivity contribution in [3.63, 3.8) is 0 Å². The summed E-state index contributed by atoms with van der Waals surface area (Å²) in [5.74, 6) is 0.922. The van der Waals surface area contributed by atoms with Gasteiger partial charge in [0.1, 0.15) is 0 Å². The Bertz CT molecular complexity index is 474. The Morgan fingerprint density at radius 3 is 2.62 bits per heavy atom. The fraction of sp³-hybridized carbons (Fsp3) is 0.0833. The van der Waals surface area contributed by atoms with Crippen LogP contribution in [-0.2, 0) is 5.75 Å². The Kier molecular flexibility index (Phi) is 3.85. The number of aromatic nitrogens is 1. The number of hydrogen-bond acceptors (Lipinski definition) is 3. The maximum absolute atomic E-state index is 5.69. The molecule has 1 aromatic heterocycles. The Hall–Kier alpha value is -1.00. The van der Waals surface area contributed by atoms with E-state index in [1.54, 1.807) is 24.2 Å². The van der Waals surface area contributed by atoms with Crippen LogP contribution in [0.25, 0.3) is 0 Å². The molecule has 2 nitrogen and oxygen atoms in total. The van der Waals surface area contributed by atoms with Gasteiger partial charge in [0.25, 0.3) is 0 Å². The highest BCUT2D eigenvalue weighted by Crippen LogP contribution is 2.27. The van der Waals surface area contributed by atoms with Crippen molar-refractivity contribution in [2.45, 2.75) is 10.6 Å². The summed E-state index contributed by atoms with van der Waals surface area (Å²) in [4.78, 5) is 5.21. The van der Waals surface area contributed by atoms with Gasteiger partial charge in [-0.25, -0.2) is 0 Å². The lowest BCUT2D eigenvalue weighted by molar-refractivity contribution is 1.26. The van der Waals surface area contributed by atoms with Crippen molar-refractivity contribution >= 4 is 33.4 Å². The SMILES string of the molecule is Nc1ccc(CSc2ccncc2)c(Br)c1. The highest BCUT2D eigenvalue weighted by molar-refractivity contribution is 9.10. The quantitative estimate of drug-likeness (QED) is 0.693. The predicted octanol–water partition coefficient (Wildman–Crippen LogP) is 3.72. The summed E-state index contributed by atoms with van der Waals surface area (Å²) in [7, 11) is 0. The molecule has 2 rings (SSSR count). The van der Waals surface area contributed by atoms with Crippen LogP contribution in [0, 0.1) is 0 Å². The Morgan fingerprint density at radius 1 is 1.19 bits per heavy atom. The zero-order valence-electron chi connectivity index (χ0n) is 8.56. The summed E-state index contributed by atoms with van der Waals surface area (Å²) in [6.45, 7) is 0. The van der Waals surface area contributed by atoms with Crippen molar-refractivity contribution in [1.29, 1.82) is 0 Å². The third kappa shape index (κ3) is 3.00. The van der Waals surface area contributed by atoms with Gasteiger partial charge in [-0.2, -0.15) is 0 Å². The average molecular weight is 295 g/mol. The zero-order valence-corrected chi connectivity index (χ0v) is 11.0. The van der Waals surface area contributed by atoms with Crippen molar-refractivity contribution in [2.75, 3.05) is 5.73 Å². The molecule has 0 saturated carbocycles. The van der Waals surface area contributed by atoms with Crippen LogP contribution >= 0.6 is 27.7 Å². The van der Waals surface area contributed by atoms with Gasteiger partial charge in [-0.05, 0) is 29.8 Å². The van der Waals surface area contributed by atoms with E-state index in [2.05, 4.69) is 20.9 Å². The average Bonchev–Trinajstić information content (AvgIpc) is 2.29. The highest BCUT2D eigenvalue weighted by Gasteiger charge is 2.01.